The van der Waals surface area contributed by atoms with Crippen molar-refractivity contribution >= 4 is 17.8 Å². The number of rotatable bonds is 5. The Balaban J connectivity index is 2.41. The second-order valence-corrected chi connectivity index (χ2v) is 6.17. The minimum atomic E-state index is -1.15. The standard InChI is InChI=1S/C14H24N2O5/c1-14(2,3)11(13(19)20)12(18)15-5-4-10(17)16-6-8-21-9-7-16/h11H,4-9H2,1-3H3,(H,15,18)(H,19,20). The highest BCUT2D eigenvalue weighted by Gasteiger charge is 2.37. The Bertz CT molecular complexity index is 397. The van der Waals surface area contributed by atoms with Crippen molar-refractivity contribution in [2.24, 2.45) is 11.3 Å². The highest BCUT2D eigenvalue weighted by molar-refractivity contribution is 5.97. The minimum Gasteiger partial charge on any atom is -0.481 e. The predicted molar refractivity (Wildman–Crippen MR) is 75.6 cm³/mol. The van der Waals surface area contributed by atoms with Crippen LogP contribution in [0.1, 0.15) is 27.2 Å². The fourth-order valence-electron chi connectivity index (χ4n) is 2.24. The summed E-state index contributed by atoms with van der Waals surface area (Å²) in [6.07, 6.45) is 0.169. The van der Waals surface area contributed by atoms with Crippen molar-refractivity contribution in [1.82, 2.24) is 10.2 Å². The number of carboxylic acid groups (broad SMARTS) is 1. The molecule has 1 aliphatic rings. The third-order valence-corrected chi connectivity index (χ3v) is 3.38. The van der Waals surface area contributed by atoms with Crippen LogP contribution in [0.5, 0.6) is 0 Å². The van der Waals surface area contributed by atoms with Gasteiger partial charge < -0.3 is 20.1 Å². The zero-order chi connectivity index (χ0) is 16.0. The lowest BCUT2D eigenvalue weighted by atomic mass is 9.80. The minimum absolute atomic E-state index is 0.0544. The van der Waals surface area contributed by atoms with E-state index in [0.717, 1.165) is 0 Å². The molecule has 0 spiro atoms. The fourth-order valence-corrected chi connectivity index (χ4v) is 2.24. The van der Waals surface area contributed by atoms with Crippen LogP contribution in [0, 0.1) is 11.3 Å². The molecule has 0 aromatic carbocycles. The summed E-state index contributed by atoms with van der Waals surface area (Å²) in [5.74, 6) is -2.89. The third-order valence-electron chi connectivity index (χ3n) is 3.38. The van der Waals surface area contributed by atoms with Gasteiger partial charge in [-0.3, -0.25) is 14.4 Å². The summed E-state index contributed by atoms with van der Waals surface area (Å²) in [6.45, 7) is 7.43. The lowest BCUT2D eigenvalue weighted by Crippen LogP contribution is -2.45. The number of carboxylic acids is 1. The molecule has 0 radical (unpaired) electrons. The van der Waals surface area contributed by atoms with Gasteiger partial charge in [-0.05, 0) is 5.41 Å². The maximum atomic E-state index is 12.0. The Kier molecular flexibility index (Phi) is 6.14. The van der Waals surface area contributed by atoms with Crippen LogP contribution in [0.2, 0.25) is 0 Å². The van der Waals surface area contributed by atoms with Crippen LogP contribution in [-0.4, -0.2) is 60.6 Å². The van der Waals surface area contributed by atoms with E-state index in [1.165, 1.54) is 0 Å². The summed E-state index contributed by atoms with van der Waals surface area (Å²) in [7, 11) is 0. The summed E-state index contributed by atoms with van der Waals surface area (Å²) in [5.41, 5.74) is -0.676. The number of aliphatic carboxylic acids is 1. The molecule has 2 N–H and O–H groups in total. The number of hydrogen-bond donors (Lipinski definition) is 2. The summed E-state index contributed by atoms with van der Waals surface area (Å²) in [4.78, 5) is 36.7. The lowest BCUT2D eigenvalue weighted by Gasteiger charge is -2.28. The molecule has 1 unspecified atom stereocenters. The van der Waals surface area contributed by atoms with Crippen LogP contribution < -0.4 is 5.32 Å². The number of nitrogens with one attached hydrogen (secondary N) is 1. The van der Waals surface area contributed by atoms with Gasteiger partial charge in [-0.25, -0.2) is 0 Å². The highest BCUT2D eigenvalue weighted by Crippen LogP contribution is 2.26. The van der Waals surface area contributed by atoms with E-state index in [2.05, 4.69) is 5.32 Å². The average molecular weight is 300 g/mol. The van der Waals surface area contributed by atoms with Crippen LogP contribution in [0.15, 0.2) is 0 Å². The van der Waals surface area contributed by atoms with Gasteiger partial charge in [-0.1, -0.05) is 20.8 Å². The Morgan fingerprint density at radius 3 is 2.29 bits per heavy atom. The Hall–Kier alpha value is -1.63. The van der Waals surface area contributed by atoms with E-state index in [-0.39, 0.29) is 18.9 Å². The van der Waals surface area contributed by atoms with Crippen molar-refractivity contribution in [2.45, 2.75) is 27.2 Å². The summed E-state index contributed by atoms with van der Waals surface area (Å²) in [6, 6.07) is 0. The molecule has 1 fully saturated rings. The first-order chi connectivity index (χ1) is 9.73. The topological polar surface area (TPSA) is 95.9 Å². The number of ether oxygens (including phenoxy) is 1. The molecule has 21 heavy (non-hydrogen) atoms. The lowest BCUT2D eigenvalue weighted by molar-refractivity contribution is -0.151. The Morgan fingerprint density at radius 1 is 1.24 bits per heavy atom. The van der Waals surface area contributed by atoms with Crippen molar-refractivity contribution in [3.63, 3.8) is 0 Å². The summed E-state index contributed by atoms with van der Waals surface area (Å²) >= 11 is 0. The van der Waals surface area contributed by atoms with Crippen LogP contribution in [0.25, 0.3) is 0 Å². The molecule has 0 saturated carbocycles. The Labute approximate surface area is 124 Å². The largest absolute Gasteiger partial charge is 0.481 e. The van der Waals surface area contributed by atoms with Gasteiger partial charge in [0.05, 0.1) is 13.2 Å². The molecule has 0 aromatic heterocycles. The molecule has 1 heterocycles. The van der Waals surface area contributed by atoms with Gasteiger partial charge in [0.2, 0.25) is 11.8 Å². The molecule has 1 rings (SSSR count). The SMILES string of the molecule is CC(C)(C)C(C(=O)O)C(=O)NCCC(=O)N1CCOCC1. The maximum Gasteiger partial charge on any atom is 0.316 e. The smallest absolute Gasteiger partial charge is 0.316 e. The van der Waals surface area contributed by atoms with Crippen molar-refractivity contribution in [2.75, 3.05) is 32.8 Å². The number of amides is 2. The van der Waals surface area contributed by atoms with Crippen LogP contribution >= 0.6 is 0 Å². The fraction of sp³-hybridized carbons (Fsp3) is 0.786. The average Bonchev–Trinajstić information content (AvgIpc) is 2.37. The quantitative estimate of drug-likeness (QED) is 0.702. The summed E-state index contributed by atoms with van der Waals surface area (Å²) < 4.78 is 5.16. The molecule has 0 aliphatic carbocycles. The van der Waals surface area contributed by atoms with Gasteiger partial charge in [0.1, 0.15) is 5.92 Å². The van der Waals surface area contributed by atoms with E-state index in [4.69, 9.17) is 9.84 Å². The molecule has 1 aliphatic heterocycles. The van der Waals surface area contributed by atoms with E-state index in [0.29, 0.717) is 26.3 Å². The van der Waals surface area contributed by atoms with Gasteiger partial charge in [0, 0.05) is 26.1 Å². The second-order valence-electron chi connectivity index (χ2n) is 6.17. The molecule has 7 heteroatoms. The number of nitrogens with zero attached hydrogens (tertiary/aromatic N) is 1. The van der Waals surface area contributed by atoms with E-state index in [9.17, 15) is 14.4 Å². The second kappa shape index (κ2) is 7.40. The number of carbonyl (C=O) groups excluding carboxylic acids is 2. The van der Waals surface area contributed by atoms with Gasteiger partial charge in [0.25, 0.3) is 0 Å². The van der Waals surface area contributed by atoms with Gasteiger partial charge in [-0.2, -0.15) is 0 Å². The zero-order valence-corrected chi connectivity index (χ0v) is 12.8. The molecule has 2 amide bonds. The van der Waals surface area contributed by atoms with Crippen molar-refractivity contribution < 1.29 is 24.2 Å². The van der Waals surface area contributed by atoms with Gasteiger partial charge in [-0.15, -0.1) is 0 Å². The predicted octanol–water partition coefficient (Wildman–Crippen LogP) is 0.0984. The molecule has 120 valence electrons. The molecule has 0 bridgehead atoms. The van der Waals surface area contributed by atoms with Crippen LogP contribution in [0.3, 0.4) is 0 Å². The number of carbonyl (C=O) groups is 3. The zero-order valence-electron chi connectivity index (χ0n) is 12.8. The third kappa shape index (κ3) is 5.34. The normalized spacial score (nSPS) is 17.2. The molecule has 7 nitrogen and oxygen atoms in total. The monoisotopic (exact) mass is 300 g/mol. The maximum absolute atomic E-state index is 12.0. The van der Waals surface area contributed by atoms with Crippen LogP contribution in [0.4, 0.5) is 0 Å². The first-order valence-corrected chi connectivity index (χ1v) is 7.09. The number of morpholine rings is 1. The molecular formula is C14H24N2O5. The molecule has 0 aromatic rings. The van der Waals surface area contributed by atoms with Crippen LogP contribution in [-0.2, 0) is 19.1 Å². The first-order valence-electron chi connectivity index (χ1n) is 7.09. The molecule has 1 saturated heterocycles. The van der Waals surface area contributed by atoms with E-state index < -0.39 is 23.2 Å². The van der Waals surface area contributed by atoms with E-state index in [1.807, 2.05) is 0 Å². The number of hydrogen-bond acceptors (Lipinski definition) is 4. The van der Waals surface area contributed by atoms with E-state index in [1.54, 1.807) is 25.7 Å². The van der Waals surface area contributed by atoms with Gasteiger partial charge in [0.15, 0.2) is 0 Å². The molecule has 1 atom stereocenters. The highest BCUT2D eigenvalue weighted by atomic mass is 16.5. The van der Waals surface area contributed by atoms with Gasteiger partial charge >= 0.3 is 5.97 Å². The summed E-state index contributed by atoms with van der Waals surface area (Å²) in [5, 5.41) is 11.7. The van der Waals surface area contributed by atoms with Crippen molar-refractivity contribution in [1.29, 1.82) is 0 Å². The van der Waals surface area contributed by atoms with Crippen molar-refractivity contribution in [3.8, 4) is 0 Å². The van der Waals surface area contributed by atoms with Crippen molar-refractivity contribution in [3.05, 3.63) is 0 Å². The first kappa shape index (κ1) is 17.4. The Morgan fingerprint density at radius 2 is 1.81 bits per heavy atom. The van der Waals surface area contributed by atoms with E-state index >= 15 is 0 Å². The molecular weight excluding hydrogens is 276 g/mol.